The summed E-state index contributed by atoms with van der Waals surface area (Å²) in [6.07, 6.45) is 5.50. The van der Waals surface area contributed by atoms with Crippen molar-refractivity contribution < 1.29 is 9.53 Å². The number of carbonyl (C=O) groups excluding carboxylic acids is 1. The minimum atomic E-state index is 0.498. The first-order chi connectivity index (χ1) is 9.42. The summed E-state index contributed by atoms with van der Waals surface area (Å²) in [6, 6.07) is 15.0. The van der Waals surface area contributed by atoms with Gasteiger partial charge in [0.2, 0.25) is 0 Å². The van der Waals surface area contributed by atoms with Gasteiger partial charge in [-0.1, -0.05) is 55.3 Å². The average molecular weight is 255 g/mol. The van der Waals surface area contributed by atoms with Crippen LogP contribution in [0.4, 0.5) is 0 Å². The molecule has 2 rings (SSSR count). The van der Waals surface area contributed by atoms with Crippen LogP contribution in [-0.2, 0) is 16.0 Å². The van der Waals surface area contributed by atoms with Crippen molar-refractivity contribution >= 4 is 17.2 Å². The molecule has 0 aliphatic carbocycles. The van der Waals surface area contributed by atoms with Crippen LogP contribution in [0.2, 0.25) is 0 Å². The van der Waals surface area contributed by atoms with E-state index >= 15 is 0 Å². The third kappa shape index (κ3) is 4.09. The molecule has 0 fully saturated rings. The van der Waals surface area contributed by atoms with Crippen LogP contribution in [0.3, 0.4) is 0 Å². The summed E-state index contributed by atoms with van der Waals surface area (Å²) in [5, 5.41) is 2.68. The Labute approximate surface area is 114 Å². The molecule has 1 radical (unpaired) electrons. The van der Waals surface area contributed by atoms with Gasteiger partial charge in [0.1, 0.15) is 0 Å². The summed E-state index contributed by atoms with van der Waals surface area (Å²) in [7, 11) is 0. The highest BCUT2D eigenvalue weighted by molar-refractivity contribution is 5.85. The van der Waals surface area contributed by atoms with Crippen LogP contribution in [-0.4, -0.2) is 13.1 Å². The summed E-state index contributed by atoms with van der Waals surface area (Å²) >= 11 is 0. The molecule has 0 bridgehead atoms. The van der Waals surface area contributed by atoms with Crippen molar-refractivity contribution in [2.75, 3.05) is 6.61 Å². The fraction of sp³-hybridized carbons (Fsp3) is 0.353. The number of fused-ring (bicyclic) bond motifs is 1. The van der Waals surface area contributed by atoms with Crippen LogP contribution >= 0.6 is 0 Å². The zero-order valence-electron chi connectivity index (χ0n) is 11.1. The quantitative estimate of drug-likeness (QED) is 0.666. The fourth-order valence-electron chi connectivity index (χ4n) is 2.40. The highest BCUT2D eigenvalue weighted by Gasteiger charge is 2.00. The van der Waals surface area contributed by atoms with E-state index in [1.165, 1.54) is 35.6 Å². The predicted molar refractivity (Wildman–Crippen MR) is 77.8 cm³/mol. The molecule has 19 heavy (non-hydrogen) atoms. The topological polar surface area (TPSA) is 26.3 Å². The molecule has 2 heteroatoms. The molecule has 0 aliphatic heterocycles. The first kappa shape index (κ1) is 13.6. The number of benzene rings is 2. The maximum atomic E-state index is 9.86. The average Bonchev–Trinajstić information content (AvgIpc) is 2.46. The molecule has 0 heterocycles. The highest BCUT2D eigenvalue weighted by Crippen LogP contribution is 2.20. The summed E-state index contributed by atoms with van der Waals surface area (Å²) in [5.41, 5.74) is 1.43. The molecule has 0 aromatic heterocycles. The molecular formula is C17H19O2. The number of unbranched alkanes of at least 4 members (excludes halogenated alkanes) is 3. The Morgan fingerprint density at radius 2 is 1.68 bits per heavy atom. The van der Waals surface area contributed by atoms with E-state index < -0.39 is 0 Å². The van der Waals surface area contributed by atoms with Crippen LogP contribution < -0.4 is 0 Å². The number of aryl methyl sites for hydroxylation is 1. The van der Waals surface area contributed by atoms with Gasteiger partial charge in [-0.25, -0.2) is 4.79 Å². The van der Waals surface area contributed by atoms with E-state index in [0.717, 1.165) is 19.3 Å². The molecule has 2 aromatic rings. The minimum Gasteiger partial charge on any atom is -0.457 e. The van der Waals surface area contributed by atoms with Crippen molar-refractivity contribution in [2.24, 2.45) is 0 Å². The van der Waals surface area contributed by atoms with Gasteiger partial charge >= 0.3 is 6.47 Å². The van der Waals surface area contributed by atoms with Gasteiger partial charge in [0.25, 0.3) is 0 Å². The predicted octanol–water partition coefficient (Wildman–Crippen LogP) is 4.03. The monoisotopic (exact) mass is 255 g/mol. The van der Waals surface area contributed by atoms with Crippen molar-refractivity contribution in [3.05, 3.63) is 48.0 Å². The lowest BCUT2D eigenvalue weighted by Gasteiger charge is -2.06. The number of hydrogen-bond donors (Lipinski definition) is 0. The Balaban J connectivity index is 1.80. The molecule has 0 saturated heterocycles. The number of ether oxygens (including phenoxy) is 1. The van der Waals surface area contributed by atoms with Crippen LogP contribution in [0.1, 0.15) is 31.2 Å². The van der Waals surface area contributed by atoms with E-state index in [9.17, 15) is 4.79 Å². The smallest absolute Gasteiger partial charge is 0.417 e. The van der Waals surface area contributed by atoms with Gasteiger partial charge < -0.3 is 4.74 Å². The second kappa shape index (κ2) is 7.57. The van der Waals surface area contributed by atoms with Crippen LogP contribution in [0.5, 0.6) is 0 Å². The van der Waals surface area contributed by atoms with Crippen LogP contribution in [0, 0.1) is 0 Å². The van der Waals surface area contributed by atoms with Crippen molar-refractivity contribution in [1.29, 1.82) is 0 Å². The van der Waals surface area contributed by atoms with E-state index in [2.05, 4.69) is 47.2 Å². The van der Waals surface area contributed by atoms with E-state index in [0.29, 0.717) is 6.61 Å². The first-order valence-electron chi connectivity index (χ1n) is 6.87. The van der Waals surface area contributed by atoms with Gasteiger partial charge in [0, 0.05) is 0 Å². The maximum Gasteiger partial charge on any atom is 0.417 e. The Kier molecular flexibility index (Phi) is 5.42. The zero-order chi connectivity index (χ0) is 13.3. The summed E-state index contributed by atoms with van der Waals surface area (Å²) in [4.78, 5) is 9.86. The molecule has 0 aliphatic rings. The van der Waals surface area contributed by atoms with Gasteiger partial charge in [-0.2, -0.15) is 0 Å². The second-order valence-electron chi connectivity index (χ2n) is 4.73. The summed E-state index contributed by atoms with van der Waals surface area (Å²) in [6.45, 7) is 1.95. The van der Waals surface area contributed by atoms with Crippen molar-refractivity contribution in [1.82, 2.24) is 0 Å². The lowest BCUT2D eigenvalue weighted by atomic mass is 9.99. The Bertz CT molecular complexity index is 514. The molecule has 0 N–H and O–H groups in total. The van der Waals surface area contributed by atoms with E-state index in [4.69, 9.17) is 0 Å². The third-order valence-electron chi connectivity index (χ3n) is 3.38. The SMILES string of the molecule is O=[C]OCCCCCCc1cccc2ccccc12. The van der Waals surface area contributed by atoms with Gasteiger partial charge in [0.15, 0.2) is 0 Å². The van der Waals surface area contributed by atoms with Crippen molar-refractivity contribution in [3.63, 3.8) is 0 Å². The van der Waals surface area contributed by atoms with Crippen molar-refractivity contribution in [3.8, 4) is 0 Å². The minimum absolute atomic E-state index is 0.498. The first-order valence-corrected chi connectivity index (χ1v) is 6.87. The molecule has 0 amide bonds. The molecule has 2 aromatic carbocycles. The van der Waals surface area contributed by atoms with Gasteiger partial charge in [0.05, 0.1) is 6.61 Å². The number of hydrogen-bond acceptors (Lipinski definition) is 2. The summed E-state index contributed by atoms with van der Waals surface area (Å²) in [5.74, 6) is 0. The maximum absolute atomic E-state index is 9.86. The largest absolute Gasteiger partial charge is 0.457 e. The Morgan fingerprint density at radius 3 is 2.58 bits per heavy atom. The van der Waals surface area contributed by atoms with Crippen LogP contribution in [0.15, 0.2) is 42.5 Å². The molecule has 0 atom stereocenters. The second-order valence-corrected chi connectivity index (χ2v) is 4.73. The molecule has 99 valence electrons. The van der Waals surface area contributed by atoms with E-state index in [1.54, 1.807) is 0 Å². The lowest BCUT2D eigenvalue weighted by Crippen LogP contribution is -1.92. The van der Waals surface area contributed by atoms with Gasteiger partial charge in [-0.05, 0) is 35.6 Å². The van der Waals surface area contributed by atoms with Crippen molar-refractivity contribution in [2.45, 2.75) is 32.1 Å². The lowest BCUT2D eigenvalue weighted by molar-refractivity contribution is 0.269. The summed E-state index contributed by atoms with van der Waals surface area (Å²) < 4.78 is 4.55. The molecule has 0 spiro atoms. The van der Waals surface area contributed by atoms with E-state index in [-0.39, 0.29) is 0 Å². The fourth-order valence-corrected chi connectivity index (χ4v) is 2.40. The molecule has 0 saturated carbocycles. The molecule has 2 nitrogen and oxygen atoms in total. The molecular weight excluding hydrogens is 236 g/mol. The normalized spacial score (nSPS) is 10.5. The number of rotatable bonds is 8. The zero-order valence-corrected chi connectivity index (χ0v) is 11.1. The van der Waals surface area contributed by atoms with Gasteiger partial charge in [-0.15, -0.1) is 0 Å². The Morgan fingerprint density at radius 1 is 0.895 bits per heavy atom. The standard InChI is InChI=1S/C17H19O2/c18-14-19-13-6-2-1-3-8-15-10-7-11-16-9-4-5-12-17(15)16/h4-5,7,9-12H,1-3,6,8,13H2. The van der Waals surface area contributed by atoms with Gasteiger partial charge in [-0.3, -0.25) is 0 Å². The Hall–Kier alpha value is -1.83. The highest BCUT2D eigenvalue weighted by atomic mass is 16.5. The third-order valence-corrected chi connectivity index (χ3v) is 3.38. The molecule has 0 unspecified atom stereocenters. The van der Waals surface area contributed by atoms with Crippen LogP contribution in [0.25, 0.3) is 10.8 Å². The van der Waals surface area contributed by atoms with E-state index in [1.807, 2.05) is 0 Å².